The molecule has 3 unspecified atom stereocenters. The Morgan fingerprint density at radius 1 is 1.21 bits per heavy atom. The molecule has 1 aromatic rings. The highest BCUT2D eigenvalue weighted by atomic mass is 32.2. The molecule has 1 aromatic carbocycles. The maximum absolute atomic E-state index is 12.8. The standard InChI is InChI=1S/C15H23NO2S/c1-3-12-9-10-14(16-2)15(11-12)19(17,18)13-7-5-4-6-8-13/h4-8,12,14-16H,3,9-11H2,1-2H3. The van der Waals surface area contributed by atoms with Crippen LogP contribution in [0.15, 0.2) is 35.2 Å². The third-order valence-electron chi connectivity index (χ3n) is 4.32. The fraction of sp³-hybridized carbons (Fsp3) is 0.600. The molecule has 19 heavy (non-hydrogen) atoms. The van der Waals surface area contributed by atoms with Crippen LogP contribution in [-0.4, -0.2) is 26.8 Å². The first kappa shape index (κ1) is 14.5. The number of benzene rings is 1. The molecule has 0 bridgehead atoms. The molecule has 1 aliphatic rings. The van der Waals surface area contributed by atoms with E-state index in [0.717, 1.165) is 25.7 Å². The average molecular weight is 281 g/mol. The Bertz CT molecular complexity index is 498. The van der Waals surface area contributed by atoms with Crippen molar-refractivity contribution in [3.63, 3.8) is 0 Å². The normalized spacial score (nSPS) is 28.2. The van der Waals surface area contributed by atoms with E-state index in [-0.39, 0.29) is 11.3 Å². The molecule has 0 saturated heterocycles. The Hall–Kier alpha value is -0.870. The smallest absolute Gasteiger partial charge is 0.182 e. The van der Waals surface area contributed by atoms with Gasteiger partial charge < -0.3 is 5.32 Å². The van der Waals surface area contributed by atoms with Gasteiger partial charge in [-0.25, -0.2) is 8.42 Å². The van der Waals surface area contributed by atoms with Gasteiger partial charge in [0.2, 0.25) is 0 Å². The van der Waals surface area contributed by atoms with Crippen molar-refractivity contribution in [2.45, 2.75) is 48.8 Å². The number of hydrogen-bond donors (Lipinski definition) is 1. The van der Waals surface area contributed by atoms with E-state index in [2.05, 4.69) is 12.2 Å². The molecular weight excluding hydrogens is 258 g/mol. The lowest BCUT2D eigenvalue weighted by Crippen LogP contribution is -2.46. The molecule has 1 saturated carbocycles. The van der Waals surface area contributed by atoms with E-state index in [1.54, 1.807) is 24.3 Å². The summed E-state index contributed by atoms with van der Waals surface area (Å²) in [7, 11) is -1.36. The minimum absolute atomic E-state index is 0.0769. The van der Waals surface area contributed by atoms with Crippen molar-refractivity contribution in [1.29, 1.82) is 0 Å². The summed E-state index contributed by atoms with van der Waals surface area (Å²) in [6.07, 6.45) is 3.92. The molecule has 2 rings (SSSR count). The quantitative estimate of drug-likeness (QED) is 0.923. The van der Waals surface area contributed by atoms with Crippen LogP contribution in [0.5, 0.6) is 0 Å². The lowest BCUT2D eigenvalue weighted by Gasteiger charge is -2.35. The van der Waals surface area contributed by atoms with E-state index in [4.69, 9.17) is 0 Å². The molecule has 0 aromatic heterocycles. The highest BCUT2D eigenvalue weighted by Gasteiger charge is 2.38. The van der Waals surface area contributed by atoms with E-state index in [0.29, 0.717) is 10.8 Å². The van der Waals surface area contributed by atoms with Crippen LogP contribution in [-0.2, 0) is 9.84 Å². The van der Waals surface area contributed by atoms with Gasteiger partial charge in [0.1, 0.15) is 0 Å². The molecule has 0 aliphatic heterocycles. The largest absolute Gasteiger partial charge is 0.316 e. The van der Waals surface area contributed by atoms with Gasteiger partial charge in [-0.2, -0.15) is 0 Å². The second-order valence-electron chi connectivity index (χ2n) is 5.38. The van der Waals surface area contributed by atoms with Gasteiger partial charge in [0.25, 0.3) is 0 Å². The van der Waals surface area contributed by atoms with Gasteiger partial charge in [-0.1, -0.05) is 31.5 Å². The summed E-state index contributed by atoms with van der Waals surface area (Å²) in [6, 6.07) is 8.93. The first-order valence-corrected chi connectivity index (χ1v) is 8.60. The Balaban J connectivity index is 2.31. The lowest BCUT2D eigenvalue weighted by molar-refractivity contribution is 0.296. The van der Waals surface area contributed by atoms with Crippen LogP contribution >= 0.6 is 0 Å². The minimum Gasteiger partial charge on any atom is -0.316 e. The first-order chi connectivity index (χ1) is 9.09. The van der Waals surface area contributed by atoms with Gasteiger partial charge in [-0.05, 0) is 44.4 Å². The van der Waals surface area contributed by atoms with Crippen LogP contribution in [0.4, 0.5) is 0 Å². The Morgan fingerprint density at radius 2 is 1.89 bits per heavy atom. The summed E-state index contributed by atoms with van der Waals surface area (Å²) in [5.74, 6) is 0.535. The van der Waals surface area contributed by atoms with Crippen molar-refractivity contribution in [1.82, 2.24) is 5.32 Å². The monoisotopic (exact) mass is 281 g/mol. The number of sulfone groups is 1. The van der Waals surface area contributed by atoms with Gasteiger partial charge in [0.15, 0.2) is 9.84 Å². The molecule has 0 radical (unpaired) electrons. The molecule has 0 heterocycles. The van der Waals surface area contributed by atoms with Crippen LogP contribution in [0.1, 0.15) is 32.6 Å². The maximum atomic E-state index is 12.8. The first-order valence-electron chi connectivity index (χ1n) is 7.05. The second-order valence-corrected chi connectivity index (χ2v) is 7.55. The van der Waals surface area contributed by atoms with Crippen LogP contribution < -0.4 is 5.32 Å². The summed E-state index contributed by atoms with van der Waals surface area (Å²) in [5.41, 5.74) is 0. The third kappa shape index (κ3) is 3.00. The Labute approximate surface area is 116 Å². The Morgan fingerprint density at radius 3 is 2.47 bits per heavy atom. The van der Waals surface area contributed by atoms with Crippen molar-refractivity contribution in [3.8, 4) is 0 Å². The van der Waals surface area contributed by atoms with Crippen molar-refractivity contribution in [2.24, 2.45) is 5.92 Å². The fourth-order valence-corrected chi connectivity index (χ4v) is 5.16. The van der Waals surface area contributed by atoms with E-state index in [1.807, 2.05) is 13.1 Å². The van der Waals surface area contributed by atoms with Crippen LogP contribution in [0.2, 0.25) is 0 Å². The predicted octanol–water partition coefficient (Wildman–Crippen LogP) is 2.63. The van der Waals surface area contributed by atoms with Gasteiger partial charge >= 0.3 is 0 Å². The molecule has 1 N–H and O–H groups in total. The van der Waals surface area contributed by atoms with E-state index in [9.17, 15) is 8.42 Å². The second kappa shape index (κ2) is 6.06. The van der Waals surface area contributed by atoms with Gasteiger partial charge in [0, 0.05) is 6.04 Å². The average Bonchev–Trinajstić information content (AvgIpc) is 2.47. The molecule has 1 fully saturated rings. The molecule has 3 atom stereocenters. The van der Waals surface area contributed by atoms with Crippen LogP contribution in [0.3, 0.4) is 0 Å². The zero-order chi connectivity index (χ0) is 13.9. The van der Waals surface area contributed by atoms with Crippen molar-refractivity contribution in [3.05, 3.63) is 30.3 Å². The number of rotatable bonds is 4. The van der Waals surface area contributed by atoms with Crippen molar-refractivity contribution < 1.29 is 8.42 Å². The van der Waals surface area contributed by atoms with Gasteiger partial charge in [0.05, 0.1) is 10.1 Å². The summed E-state index contributed by atoms with van der Waals surface area (Å²) >= 11 is 0. The van der Waals surface area contributed by atoms with Crippen molar-refractivity contribution in [2.75, 3.05) is 7.05 Å². The molecule has 1 aliphatic carbocycles. The summed E-state index contributed by atoms with van der Waals surface area (Å²) in [5, 5.41) is 2.90. The van der Waals surface area contributed by atoms with E-state index in [1.165, 1.54) is 0 Å². The zero-order valence-electron chi connectivity index (χ0n) is 11.7. The van der Waals surface area contributed by atoms with E-state index >= 15 is 0 Å². The third-order valence-corrected chi connectivity index (χ3v) is 6.57. The van der Waals surface area contributed by atoms with Crippen LogP contribution in [0, 0.1) is 5.92 Å². The van der Waals surface area contributed by atoms with Crippen LogP contribution in [0.25, 0.3) is 0 Å². The molecule has 106 valence electrons. The molecule has 4 heteroatoms. The zero-order valence-corrected chi connectivity index (χ0v) is 12.5. The van der Waals surface area contributed by atoms with Gasteiger partial charge in [-0.15, -0.1) is 0 Å². The molecular formula is C15H23NO2S. The summed E-state index contributed by atoms with van der Waals surface area (Å²) in [6.45, 7) is 2.15. The molecule has 0 spiro atoms. The SMILES string of the molecule is CCC1CCC(NC)C(S(=O)(=O)c2ccccc2)C1. The maximum Gasteiger partial charge on any atom is 0.182 e. The molecule has 3 nitrogen and oxygen atoms in total. The summed E-state index contributed by atoms with van der Waals surface area (Å²) in [4.78, 5) is 0.456. The lowest BCUT2D eigenvalue weighted by atomic mass is 9.84. The van der Waals surface area contributed by atoms with Gasteiger partial charge in [-0.3, -0.25) is 0 Å². The highest BCUT2D eigenvalue weighted by molar-refractivity contribution is 7.92. The topological polar surface area (TPSA) is 46.2 Å². The number of nitrogens with one attached hydrogen (secondary N) is 1. The Kier molecular flexibility index (Phi) is 4.63. The highest BCUT2D eigenvalue weighted by Crippen LogP contribution is 2.33. The fourth-order valence-electron chi connectivity index (χ4n) is 3.04. The summed E-state index contributed by atoms with van der Waals surface area (Å²) < 4.78 is 25.6. The minimum atomic E-state index is -3.23. The molecule has 0 amide bonds. The predicted molar refractivity (Wildman–Crippen MR) is 77.9 cm³/mol. The van der Waals surface area contributed by atoms with E-state index < -0.39 is 9.84 Å². The van der Waals surface area contributed by atoms with Crippen molar-refractivity contribution >= 4 is 9.84 Å². The number of hydrogen-bond acceptors (Lipinski definition) is 3.